The van der Waals surface area contributed by atoms with E-state index < -0.39 is 11.7 Å². The normalized spacial score (nSPS) is 14.7. The van der Waals surface area contributed by atoms with E-state index in [1.54, 1.807) is 12.1 Å². The van der Waals surface area contributed by atoms with E-state index >= 15 is 0 Å². The van der Waals surface area contributed by atoms with Crippen LogP contribution in [0.2, 0.25) is 0 Å². The molecule has 7 heteroatoms. The highest BCUT2D eigenvalue weighted by Crippen LogP contribution is 2.34. The van der Waals surface area contributed by atoms with E-state index in [0.29, 0.717) is 29.2 Å². The van der Waals surface area contributed by atoms with Crippen molar-refractivity contribution in [2.45, 2.75) is 44.8 Å². The van der Waals surface area contributed by atoms with Gasteiger partial charge in [-0.2, -0.15) is 18.2 Å². The number of hydrogen-bond acceptors (Lipinski definition) is 4. The Kier molecular flexibility index (Phi) is 5.61. The number of anilines is 3. The molecular weight excluding hydrogens is 389 g/mol. The third-order valence-corrected chi connectivity index (χ3v) is 5.30. The van der Waals surface area contributed by atoms with Crippen LogP contribution >= 0.6 is 0 Å². The van der Waals surface area contributed by atoms with E-state index in [-0.39, 0.29) is 5.56 Å². The first-order chi connectivity index (χ1) is 14.4. The van der Waals surface area contributed by atoms with Crippen molar-refractivity contribution < 1.29 is 13.2 Å². The molecule has 1 aliphatic carbocycles. The van der Waals surface area contributed by atoms with Gasteiger partial charge in [-0.3, -0.25) is 0 Å². The molecule has 3 aromatic rings. The minimum absolute atomic E-state index is 0.185. The maximum absolute atomic E-state index is 13.3. The number of rotatable bonds is 5. The van der Waals surface area contributed by atoms with Crippen LogP contribution in [0.3, 0.4) is 0 Å². The molecule has 1 fully saturated rings. The lowest BCUT2D eigenvalue weighted by Gasteiger charge is -2.16. The summed E-state index contributed by atoms with van der Waals surface area (Å²) < 4.78 is 39.8. The second-order valence-corrected chi connectivity index (χ2v) is 7.61. The molecule has 4 rings (SSSR count). The molecule has 0 bridgehead atoms. The standard InChI is InChI=1S/C23H23F3N4/c1-15-11-12-18(13-19(15)23(24,25)26)27-21-14-20(16-7-3-2-4-8-16)29-22(30-21)28-17-9-5-6-10-17/h2-4,7-8,11-14,17H,5-6,9-10H2,1H3,(H2,27,28,29,30). The van der Waals surface area contributed by atoms with Crippen molar-refractivity contribution in [3.05, 3.63) is 65.7 Å². The lowest BCUT2D eigenvalue weighted by atomic mass is 10.1. The van der Waals surface area contributed by atoms with Gasteiger partial charge in [0.05, 0.1) is 11.3 Å². The minimum atomic E-state index is -4.40. The van der Waals surface area contributed by atoms with Crippen molar-refractivity contribution in [3.63, 3.8) is 0 Å². The van der Waals surface area contributed by atoms with Crippen LogP contribution in [0.25, 0.3) is 11.3 Å². The molecule has 1 saturated carbocycles. The Bertz CT molecular complexity index is 1010. The number of nitrogens with one attached hydrogen (secondary N) is 2. The summed E-state index contributed by atoms with van der Waals surface area (Å²) in [5, 5.41) is 6.41. The van der Waals surface area contributed by atoms with Gasteiger partial charge in [0.25, 0.3) is 0 Å². The maximum atomic E-state index is 13.3. The maximum Gasteiger partial charge on any atom is 0.416 e. The average molecular weight is 412 g/mol. The number of aryl methyl sites for hydroxylation is 1. The van der Waals surface area contributed by atoms with E-state index in [4.69, 9.17) is 0 Å². The minimum Gasteiger partial charge on any atom is -0.351 e. The first kappa shape index (κ1) is 20.2. The van der Waals surface area contributed by atoms with E-state index in [2.05, 4.69) is 20.6 Å². The Morgan fingerprint density at radius 1 is 0.933 bits per heavy atom. The van der Waals surface area contributed by atoms with Gasteiger partial charge in [0, 0.05) is 23.4 Å². The summed E-state index contributed by atoms with van der Waals surface area (Å²) in [7, 11) is 0. The summed E-state index contributed by atoms with van der Waals surface area (Å²) in [4.78, 5) is 9.15. The lowest BCUT2D eigenvalue weighted by molar-refractivity contribution is -0.138. The highest BCUT2D eigenvalue weighted by Gasteiger charge is 2.32. The molecule has 1 aromatic heterocycles. The Labute approximate surface area is 173 Å². The third-order valence-electron chi connectivity index (χ3n) is 5.30. The van der Waals surface area contributed by atoms with Crippen LogP contribution < -0.4 is 10.6 Å². The van der Waals surface area contributed by atoms with Gasteiger partial charge >= 0.3 is 6.18 Å². The summed E-state index contributed by atoms with van der Waals surface area (Å²) in [6, 6.07) is 15.9. The second-order valence-electron chi connectivity index (χ2n) is 7.61. The molecule has 156 valence electrons. The van der Waals surface area contributed by atoms with E-state index in [1.807, 2.05) is 30.3 Å². The van der Waals surface area contributed by atoms with Crippen LogP contribution in [-0.2, 0) is 6.18 Å². The Morgan fingerprint density at radius 3 is 2.37 bits per heavy atom. The summed E-state index contributed by atoms with van der Waals surface area (Å²) >= 11 is 0. The fourth-order valence-electron chi connectivity index (χ4n) is 3.74. The highest BCUT2D eigenvalue weighted by atomic mass is 19.4. The molecule has 0 unspecified atom stereocenters. The van der Waals surface area contributed by atoms with E-state index in [1.165, 1.54) is 25.8 Å². The van der Waals surface area contributed by atoms with Gasteiger partial charge in [-0.25, -0.2) is 4.98 Å². The van der Waals surface area contributed by atoms with Gasteiger partial charge in [-0.1, -0.05) is 49.2 Å². The Balaban J connectivity index is 1.68. The van der Waals surface area contributed by atoms with Crippen LogP contribution in [0, 0.1) is 6.92 Å². The van der Waals surface area contributed by atoms with Crippen molar-refractivity contribution >= 4 is 17.5 Å². The molecule has 1 aliphatic rings. The van der Waals surface area contributed by atoms with Crippen molar-refractivity contribution in [3.8, 4) is 11.3 Å². The zero-order valence-corrected chi connectivity index (χ0v) is 16.6. The Hall–Kier alpha value is -3.09. The van der Waals surface area contributed by atoms with Crippen molar-refractivity contribution in [1.29, 1.82) is 0 Å². The molecular formula is C23H23F3N4. The zero-order chi connectivity index (χ0) is 21.1. The number of nitrogens with zero attached hydrogens (tertiary/aromatic N) is 2. The van der Waals surface area contributed by atoms with Crippen LogP contribution in [-0.4, -0.2) is 16.0 Å². The summed E-state index contributed by atoms with van der Waals surface area (Å²) in [6.07, 6.45) is 0.0660. The molecule has 0 radical (unpaired) electrons. The van der Waals surface area contributed by atoms with Gasteiger partial charge in [0.2, 0.25) is 5.95 Å². The first-order valence-electron chi connectivity index (χ1n) is 10.0. The fourth-order valence-corrected chi connectivity index (χ4v) is 3.74. The molecule has 2 aromatic carbocycles. The van der Waals surface area contributed by atoms with Crippen LogP contribution in [0.4, 0.5) is 30.6 Å². The Morgan fingerprint density at radius 2 is 1.67 bits per heavy atom. The van der Waals surface area contributed by atoms with Gasteiger partial charge in [-0.15, -0.1) is 0 Å². The molecule has 30 heavy (non-hydrogen) atoms. The van der Waals surface area contributed by atoms with Gasteiger partial charge in [0.1, 0.15) is 5.82 Å². The molecule has 0 aliphatic heterocycles. The van der Waals surface area contributed by atoms with Crippen LogP contribution in [0.5, 0.6) is 0 Å². The topological polar surface area (TPSA) is 49.8 Å². The predicted octanol–water partition coefficient (Wildman–Crippen LogP) is 6.57. The monoisotopic (exact) mass is 412 g/mol. The van der Waals surface area contributed by atoms with Crippen molar-refractivity contribution in [2.75, 3.05) is 10.6 Å². The van der Waals surface area contributed by atoms with Crippen molar-refractivity contribution in [2.24, 2.45) is 0 Å². The molecule has 0 atom stereocenters. The molecule has 0 amide bonds. The number of halogens is 3. The predicted molar refractivity (Wildman–Crippen MR) is 113 cm³/mol. The lowest BCUT2D eigenvalue weighted by Crippen LogP contribution is -2.17. The summed E-state index contributed by atoms with van der Waals surface area (Å²) in [6.45, 7) is 1.45. The van der Waals surface area contributed by atoms with Crippen molar-refractivity contribution in [1.82, 2.24) is 9.97 Å². The molecule has 4 nitrogen and oxygen atoms in total. The molecule has 2 N–H and O–H groups in total. The molecule has 0 saturated heterocycles. The highest BCUT2D eigenvalue weighted by molar-refractivity contribution is 5.68. The molecule has 1 heterocycles. The molecule has 0 spiro atoms. The van der Waals surface area contributed by atoms with Crippen LogP contribution in [0.15, 0.2) is 54.6 Å². The number of alkyl halides is 3. The summed E-state index contributed by atoms with van der Waals surface area (Å²) in [5.41, 5.74) is 1.48. The third kappa shape index (κ3) is 4.72. The van der Waals surface area contributed by atoms with Gasteiger partial charge in [-0.05, 0) is 37.5 Å². The number of hydrogen-bond donors (Lipinski definition) is 2. The fraction of sp³-hybridized carbons (Fsp3) is 0.304. The second kappa shape index (κ2) is 8.34. The summed E-state index contributed by atoms with van der Waals surface area (Å²) in [5.74, 6) is 0.926. The number of aromatic nitrogens is 2. The SMILES string of the molecule is Cc1ccc(Nc2cc(-c3ccccc3)nc(NC3CCCC3)n2)cc1C(F)(F)F. The van der Waals surface area contributed by atoms with E-state index in [0.717, 1.165) is 24.5 Å². The zero-order valence-electron chi connectivity index (χ0n) is 16.6. The van der Waals surface area contributed by atoms with Crippen LogP contribution in [0.1, 0.15) is 36.8 Å². The number of benzene rings is 2. The quantitative estimate of drug-likeness (QED) is 0.498. The first-order valence-corrected chi connectivity index (χ1v) is 10.0. The van der Waals surface area contributed by atoms with E-state index in [9.17, 15) is 13.2 Å². The average Bonchev–Trinajstić information content (AvgIpc) is 3.22. The van der Waals surface area contributed by atoms with Gasteiger partial charge in [0.15, 0.2) is 0 Å². The largest absolute Gasteiger partial charge is 0.416 e. The van der Waals surface area contributed by atoms with Gasteiger partial charge < -0.3 is 10.6 Å². The smallest absolute Gasteiger partial charge is 0.351 e.